The fourth-order valence-electron chi connectivity index (χ4n) is 10.4. The third-order valence-electron chi connectivity index (χ3n) is 15.7. The molecule has 3 unspecified atom stereocenters. The quantitative estimate of drug-likeness (QED) is 0.0392. The van der Waals surface area contributed by atoms with Crippen molar-refractivity contribution in [3.05, 3.63) is 91.0 Å². The first-order chi connectivity index (χ1) is 44.8. The van der Waals surface area contributed by atoms with Crippen LogP contribution >= 0.6 is 0 Å². The first-order valence-corrected chi connectivity index (χ1v) is 36.4. The molecule has 0 bridgehead atoms. The van der Waals surface area contributed by atoms with Crippen LogP contribution in [-0.2, 0) is 78.0 Å². The van der Waals surface area contributed by atoms with Crippen LogP contribution in [0.25, 0.3) is 0 Å². The molecule has 28 nitrogen and oxygen atoms in total. The highest BCUT2D eigenvalue weighted by Crippen LogP contribution is 2.28. The zero-order valence-electron chi connectivity index (χ0n) is 52.9. The summed E-state index contributed by atoms with van der Waals surface area (Å²) in [5.41, 5.74) is 0. The Kier molecular flexibility index (Phi) is 36.0. The maximum absolute atomic E-state index is 12.3. The third kappa shape index (κ3) is 32.6. The van der Waals surface area contributed by atoms with E-state index in [4.69, 9.17) is 4.74 Å². The second-order valence-electron chi connectivity index (χ2n) is 23.2. The monoisotopic (exact) mass is 1380 g/mol. The van der Waals surface area contributed by atoms with Crippen LogP contribution in [0.4, 0.5) is 0 Å². The molecule has 0 spiro atoms. The summed E-state index contributed by atoms with van der Waals surface area (Å²) in [4.78, 5) is 105. The van der Waals surface area contributed by atoms with E-state index in [1.807, 2.05) is 0 Å². The van der Waals surface area contributed by atoms with Gasteiger partial charge in [-0.05, 0) is 93.2 Å². The lowest BCUT2D eigenvalue weighted by molar-refractivity contribution is -0.140. The maximum Gasteiger partial charge on any atom is 0.323 e. The van der Waals surface area contributed by atoms with Crippen molar-refractivity contribution >= 4 is 83.4 Å². The van der Waals surface area contributed by atoms with Gasteiger partial charge in [-0.1, -0.05) is 125 Å². The number of amides is 6. The number of nitrogens with one attached hydrogen (secondary N) is 9. The molecule has 6 rings (SSSR count). The number of carbonyl (C=O) groups is 9. The molecule has 3 aromatic rings. The number of carbonyl (C=O) groups excluding carboxylic acids is 6. The van der Waals surface area contributed by atoms with Crippen molar-refractivity contribution in [3.8, 4) is 0 Å². The second kappa shape index (κ2) is 42.8. The van der Waals surface area contributed by atoms with E-state index in [2.05, 4.69) is 46.1 Å². The van der Waals surface area contributed by atoms with Gasteiger partial charge in [-0.15, -0.1) is 0 Å². The minimum Gasteiger partial charge on any atom is -0.480 e. The van der Waals surface area contributed by atoms with Gasteiger partial charge in [-0.3, -0.25) is 43.2 Å². The SMILES string of the molecule is O=C(CCCC(=O)NCC(NS(=O)(=O)c1ccccc1)C(=O)O)NCC1CCCCC1.O=C(CCCC1CCCCC1)NCCC(=O)NCC(NS(=O)(=O)c1ccccc1)C(=O)O.O=C(CCNC(=O)COC1CCCCC1)NCC(NS(=O)(=O)c1ccccc1)C(=O)O. The van der Waals surface area contributed by atoms with Crippen molar-refractivity contribution in [2.75, 3.05) is 45.9 Å². The summed E-state index contributed by atoms with van der Waals surface area (Å²) in [5, 5.41) is 43.2. The smallest absolute Gasteiger partial charge is 0.323 e. The Morgan fingerprint density at radius 3 is 1.09 bits per heavy atom. The lowest BCUT2D eigenvalue weighted by Gasteiger charge is -2.21. The Morgan fingerprint density at radius 1 is 0.383 bits per heavy atom. The van der Waals surface area contributed by atoms with Gasteiger partial charge in [0.25, 0.3) is 0 Å². The van der Waals surface area contributed by atoms with Crippen molar-refractivity contribution in [3.63, 3.8) is 0 Å². The summed E-state index contributed by atoms with van der Waals surface area (Å²) >= 11 is 0. The van der Waals surface area contributed by atoms with Crippen LogP contribution in [-0.4, -0.2) is 164 Å². The van der Waals surface area contributed by atoms with E-state index in [1.165, 1.54) is 131 Å². The Morgan fingerprint density at radius 2 is 0.702 bits per heavy atom. The Balaban J connectivity index is 0.000000300. The predicted octanol–water partition coefficient (Wildman–Crippen LogP) is 3.58. The molecule has 3 fully saturated rings. The van der Waals surface area contributed by atoms with Crippen LogP contribution < -0.4 is 46.1 Å². The predicted molar refractivity (Wildman–Crippen MR) is 346 cm³/mol. The molecule has 522 valence electrons. The topological polar surface area (TPSA) is 434 Å². The van der Waals surface area contributed by atoms with Gasteiger partial charge in [0.15, 0.2) is 0 Å². The molecule has 94 heavy (non-hydrogen) atoms. The average molecular weight is 1380 g/mol. The van der Waals surface area contributed by atoms with Crippen LogP contribution in [0.1, 0.15) is 148 Å². The Bertz CT molecular complexity index is 3070. The molecule has 6 amide bonds. The molecular formula is C63H93N9O19S3. The number of sulfonamides is 3. The minimum atomic E-state index is -4.05. The third-order valence-corrected chi connectivity index (χ3v) is 20.1. The molecule has 0 saturated heterocycles. The Labute approximate surface area is 550 Å². The molecule has 3 aromatic carbocycles. The van der Waals surface area contributed by atoms with E-state index >= 15 is 0 Å². The normalized spacial score (nSPS) is 15.7. The molecule has 31 heteroatoms. The van der Waals surface area contributed by atoms with Crippen molar-refractivity contribution < 1.29 is 88.5 Å². The number of rotatable bonds is 37. The molecule has 12 N–H and O–H groups in total. The number of hydrogen-bond acceptors (Lipinski definition) is 16. The van der Waals surface area contributed by atoms with Crippen molar-refractivity contribution in [1.82, 2.24) is 46.1 Å². The van der Waals surface area contributed by atoms with E-state index in [0.717, 1.165) is 57.3 Å². The van der Waals surface area contributed by atoms with Gasteiger partial charge >= 0.3 is 17.9 Å². The summed E-state index contributed by atoms with van der Waals surface area (Å²) in [6, 6.07) is 17.5. The standard InChI is InChI=1S/C22H33N3O6S.C21H31N3O6S.C20H29N3O7S/c26-20(13-7-10-17-8-3-1-4-9-17)23-15-14-21(27)24-16-19(22(28)29)25-32(30,31)18-11-5-2-6-12-18;25-19(22-14-16-8-3-1-4-9-16)12-7-13-20(26)23-15-18(21(27)28)24-31(29,30)17-10-5-2-6-11-17;24-18(11-12-21-19(25)14-30-15-7-3-1-4-8-15)22-13-17(20(26)27)23-31(28,29)16-9-5-2-6-10-16/h2,5-6,11-12,17,19,25H,1,3-4,7-10,13-16H2,(H,23,26)(H,24,27)(H,28,29);2,5-6,10-11,16,18,24H,1,3-4,7-9,12-15H2,(H,22,25)(H,23,26)(H,27,28);2,5-6,9-10,15,17,23H,1,3-4,7-8,11-14H2,(H,21,25)(H,22,24)(H,26,27). The zero-order valence-corrected chi connectivity index (χ0v) is 55.4. The van der Waals surface area contributed by atoms with Crippen LogP contribution in [0.15, 0.2) is 106 Å². The zero-order chi connectivity index (χ0) is 68.8. The van der Waals surface area contributed by atoms with E-state index in [0.29, 0.717) is 25.3 Å². The van der Waals surface area contributed by atoms with Gasteiger partial charge in [0.05, 0.1) is 20.8 Å². The molecule has 3 saturated carbocycles. The number of hydrogen-bond donors (Lipinski definition) is 12. The molecule has 0 heterocycles. The van der Waals surface area contributed by atoms with Gasteiger partial charge in [-0.2, -0.15) is 14.2 Å². The molecule has 3 aliphatic carbocycles. The maximum atomic E-state index is 12.3. The summed E-state index contributed by atoms with van der Waals surface area (Å²) < 4.78 is 85.4. The lowest BCUT2D eigenvalue weighted by atomic mass is 9.86. The van der Waals surface area contributed by atoms with Gasteiger partial charge in [-0.25, -0.2) is 25.3 Å². The Hall–Kier alpha value is -7.42. The average Bonchev–Trinajstić information content (AvgIpc) is 0.921. The summed E-state index contributed by atoms with van der Waals surface area (Å²) in [6.07, 6.45) is 20.6. The molecule has 0 aliphatic heterocycles. The first kappa shape index (κ1) is 79.0. The van der Waals surface area contributed by atoms with Crippen molar-refractivity contribution in [2.24, 2.45) is 11.8 Å². The number of aliphatic carboxylic acids is 3. The van der Waals surface area contributed by atoms with E-state index in [9.17, 15) is 83.7 Å². The van der Waals surface area contributed by atoms with Gasteiger partial charge in [0, 0.05) is 71.4 Å². The highest BCUT2D eigenvalue weighted by Gasteiger charge is 2.29. The minimum absolute atomic E-state index is 0.0217. The number of carboxylic acid groups (broad SMARTS) is 3. The molecule has 3 atom stereocenters. The fraction of sp³-hybridized carbons (Fsp3) is 0.571. The van der Waals surface area contributed by atoms with Crippen LogP contribution in [0.3, 0.4) is 0 Å². The fourth-order valence-corrected chi connectivity index (χ4v) is 14.0. The van der Waals surface area contributed by atoms with Crippen LogP contribution in [0.5, 0.6) is 0 Å². The van der Waals surface area contributed by atoms with Crippen molar-refractivity contribution in [1.29, 1.82) is 0 Å². The number of carboxylic acids is 3. The van der Waals surface area contributed by atoms with Crippen molar-refractivity contribution in [2.45, 2.75) is 187 Å². The largest absolute Gasteiger partial charge is 0.480 e. The molecule has 0 aromatic heterocycles. The van der Waals surface area contributed by atoms with E-state index in [-0.39, 0.29) is 83.9 Å². The highest BCUT2D eigenvalue weighted by molar-refractivity contribution is 7.90. The number of ether oxygens (including phenoxy) is 1. The van der Waals surface area contributed by atoms with Gasteiger partial charge in [0.2, 0.25) is 65.5 Å². The molecule has 0 radical (unpaired) electrons. The van der Waals surface area contributed by atoms with Gasteiger partial charge < -0.3 is 52.0 Å². The van der Waals surface area contributed by atoms with Crippen LogP contribution in [0, 0.1) is 11.8 Å². The van der Waals surface area contributed by atoms with E-state index < -0.39 is 103 Å². The van der Waals surface area contributed by atoms with Gasteiger partial charge in [0.1, 0.15) is 24.7 Å². The molecule has 3 aliphatic rings. The highest BCUT2D eigenvalue weighted by atomic mass is 32.2. The van der Waals surface area contributed by atoms with E-state index in [1.54, 1.807) is 18.2 Å². The first-order valence-electron chi connectivity index (χ1n) is 32.0. The summed E-state index contributed by atoms with van der Waals surface area (Å²) in [6.45, 7) is -0.419. The summed E-state index contributed by atoms with van der Waals surface area (Å²) in [5.74, 6) is -4.92. The molecular weight excluding hydrogens is 1280 g/mol. The number of benzene rings is 3. The summed E-state index contributed by atoms with van der Waals surface area (Å²) in [7, 11) is -12.1. The van der Waals surface area contributed by atoms with Crippen LogP contribution in [0.2, 0.25) is 0 Å². The lowest BCUT2D eigenvalue weighted by Crippen LogP contribution is -2.48. The second-order valence-corrected chi connectivity index (χ2v) is 28.4.